The molecule has 0 spiro atoms. The molecule has 0 saturated carbocycles. The second-order valence-electron chi connectivity index (χ2n) is 5.13. The minimum atomic E-state index is -0.510. The number of esters is 1. The smallest absolute Gasteiger partial charge is 0.344 e. The fourth-order valence-electron chi connectivity index (χ4n) is 1.95. The second kappa shape index (κ2) is 9.82. The van der Waals surface area contributed by atoms with Crippen LogP contribution in [0, 0.1) is 10.1 Å². The summed E-state index contributed by atoms with van der Waals surface area (Å²) in [7, 11) is 1.55. The molecule has 0 bridgehead atoms. The average Bonchev–Trinajstić information content (AvgIpc) is 2.66. The Morgan fingerprint density at radius 2 is 2.08 bits per heavy atom. The highest BCUT2D eigenvalue weighted by Gasteiger charge is 2.06. The van der Waals surface area contributed by atoms with Crippen molar-refractivity contribution in [2.75, 3.05) is 32.2 Å². The second-order valence-corrected chi connectivity index (χ2v) is 5.13. The van der Waals surface area contributed by atoms with Gasteiger partial charge in [-0.3, -0.25) is 10.1 Å². The molecule has 0 amide bonds. The lowest BCUT2D eigenvalue weighted by molar-refractivity contribution is -0.385. The molecule has 1 aromatic heterocycles. The average molecular weight is 361 g/mol. The Morgan fingerprint density at radius 3 is 2.77 bits per heavy atom. The van der Waals surface area contributed by atoms with Crippen molar-refractivity contribution >= 4 is 17.5 Å². The molecule has 138 valence electrons. The summed E-state index contributed by atoms with van der Waals surface area (Å²) in [5.74, 6) is 1.21. The van der Waals surface area contributed by atoms with Gasteiger partial charge in [0.1, 0.15) is 23.5 Å². The fraction of sp³-hybridized carbons (Fsp3) is 0.294. The van der Waals surface area contributed by atoms with Gasteiger partial charge >= 0.3 is 5.97 Å². The van der Waals surface area contributed by atoms with Gasteiger partial charge in [0.15, 0.2) is 6.61 Å². The predicted molar refractivity (Wildman–Crippen MR) is 93.4 cm³/mol. The van der Waals surface area contributed by atoms with Crippen LogP contribution in [0.3, 0.4) is 0 Å². The highest BCUT2D eigenvalue weighted by Crippen LogP contribution is 2.18. The molecular weight excluding hydrogens is 342 g/mol. The van der Waals surface area contributed by atoms with E-state index in [9.17, 15) is 14.9 Å². The van der Waals surface area contributed by atoms with Gasteiger partial charge in [-0.25, -0.2) is 9.78 Å². The maximum atomic E-state index is 11.6. The van der Waals surface area contributed by atoms with Crippen molar-refractivity contribution in [2.24, 2.45) is 0 Å². The first kappa shape index (κ1) is 19.0. The van der Waals surface area contributed by atoms with Crippen molar-refractivity contribution in [3.8, 4) is 11.5 Å². The van der Waals surface area contributed by atoms with Crippen LogP contribution in [0.5, 0.6) is 11.5 Å². The molecule has 1 heterocycles. The van der Waals surface area contributed by atoms with Gasteiger partial charge in [0.05, 0.1) is 18.6 Å². The zero-order valence-corrected chi connectivity index (χ0v) is 14.2. The van der Waals surface area contributed by atoms with Crippen molar-refractivity contribution in [1.29, 1.82) is 0 Å². The first-order valence-electron chi connectivity index (χ1n) is 7.85. The van der Waals surface area contributed by atoms with Crippen LogP contribution in [0.4, 0.5) is 11.5 Å². The number of benzene rings is 1. The predicted octanol–water partition coefficient (Wildman–Crippen LogP) is 2.42. The molecule has 0 saturated heterocycles. The highest BCUT2D eigenvalue weighted by atomic mass is 16.6. The van der Waals surface area contributed by atoms with Crippen LogP contribution in [-0.4, -0.2) is 42.7 Å². The summed E-state index contributed by atoms with van der Waals surface area (Å²) in [6.45, 7) is 0.541. The lowest BCUT2D eigenvalue weighted by Gasteiger charge is -2.08. The standard InChI is InChI=1S/C17H19N3O6/c1-24-14-4-2-5-15(10-14)26-12-17(21)25-9-3-8-18-16-7-6-13(11-19-16)20(22)23/h2,4-7,10-11H,3,8-9,12H2,1H3,(H,18,19). The van der Waals surface area contributed by atoms with E-state index in [0.29, 0.717) is 30.3 Å². The molecule has 0 aliphatic carbocycles. The lowest BCUT2D eigenvalue weighted by Crippen LogP contribution is -2.17. The number of nitro groups is 1. The van der Waals surface area contributed by atoms with Gasteiger partial charge in [-0.15, -0.1) is 0 Å². The number of aromatic nitrogens is 1. The molecule has 2 rings (SSSR count). The van der Waals surface area contributed by atoms with Crippen LogP contribution in [0.25, 0.3) is 0 Å². The molecule has 0 atom stereocenters. The topological polar surface area (TPSA) is 113 Å². The summed E-state index contributed by atoms with van der Waals surface area (Å²) in [6.07, 6.45) is 1.74. The van der Waals surface area contributed by atoms with Crippen LogP contribution in [0.15, 0.2) is 42.6 Å². The summed E-state index contributed by atoms with van der Waals surface area (Å²) >= 11 is 0. The summed E-state index contributed by atoms with van der Waals surface area (Å²) in [5, 5.41) is 13.5. The van der Waals surface area contributed by atoms with Crippen molar-refractivity contribution in [3.05, 3.63) is 52.7 Å². The number of nitrogens with zero attached hydrogens (tertiary/aromatic N) is 2. The first-order chi connectivity index (χ1) is 12.6. The zero-order chi connectivity index (χ0) is 18.8. The largest absolute Gasteiger partial charge is 0.497 e. The van der Waals surface area contributed by atoms with E-state index in [4.69, 9.17) is 14.2 Å². The van der Waals surface area contributed by atoms with Gasteiger partial charge in [-0.2, -0.15) is 0 Å². The fourth-order valence-corrected chi connectivity index (χ4v) is 1.95. The van der Waals surface area contributed by atoms with Crippen LogP contribution >= 0.6 is 0 Å². The Bertz CT molecular complexity index is 736. The lowest BCUT2D eigenvalue weighted by atomic mass is 10.3. The summed E-state index contributed by atoms with van der Waals surface area (Å²) in [6, 6.07) is 9.82. The van der Waals surface area contributed by atoms with E-state index in [1.807, 2.05) is 0 Å². The first-order valence-corrected chi connectivity index (χ1v) is 7.85. The summed E-state index contributed by atoms with van der Waals surface area (Å²) in [4.78, 5) is 25.6. The Kier molecular flexibility index (Phi) is 7.17. The number of methoxy groups -OCH3 is 1. The van der Waals surface area contributed by atoms with Gasteiger partial charge in [0.25, 0.3) is 5.69 Å². The van der Waals surface area contributed by atoms with E-state index in [0.717, 1.165) is 0 Å². The SMILES string of the molecule is COc1cccc(OCC(=O)OCCCNc2ccc([N+](=O)[O-])cn2)c1. The number of hydrogen-bond donors (Lipinski definition) is 1. The van der Waals surface area contributed by atoms with E-state index >= 15 is 0 Å². The Hall–Kier alpha value is -3.36. The number of hydrogen-bond acceptors (Lipinski definition) is 8. The number of carbonyl (C=O) groups excluding carboxylic acids is 1. The molecule has 0 fully saturated rings. The van der Waals surface area contributed by atoms with Crippen molar-refractivity contribution in [2.45, 2.75) is 6.42 Å². The molecule has 1 N–H and O–H groups in total. The third-order valence-corrected chi connectivity index (χ3v) is 3.25. The number of pyridine rings is 1. The highest BCUT2D eigenvalue weighted by molar-refractivity contribution is 5.71. The van der Waals surface area contributed by atoms with Crippen molar-refractivity contribution < 1.29 is 23.9 Å². The van der Waals surface area contributed by atoms with E-state index in [2.05, 4.69) is 10.3 Å². The number of carbonyl (C=O) groups is 1. The molecular formula is C17H19N3O6. The minimum Gasteiger partial charge on any atom is -0.497 e. The molecule has 26 heavy (non-hydrogen) atoms. The van der Waals surface area contributed by atoms with E-state index < -0.39 is 10.9 Å². The van der Waals surface area contributed by atoms with Crippen LogP contribution in [-0.2, 0) is 9.53 Å². The Labute approximate surface area is 150 Å². The summed E-state index contributed by atoms with van der Waals surface area (Å²) < 4.78 is 15.5. The van der Waals surface area contributed by atoms with Gasteiger partial charge in [0.2, 0.25) is 0 Å². The third kappa shape index (κ3) is 6.27. The van der Waals surface area contributed by atoms with Crippen LogP contribution in [0.1, 0.15) is 6.42 Å². The van der Waals surface area contributed by atoms with Gasteiger partial charge in [-0.1, -0.05) is 6.07 Å². The molecule has 9 nitrogen and oxygen atoms in total. The minimum absolute atomic E-state index is 0.0690. The number of anilines is 1. The maximum Gasteiger partial charge on any atom is 0.344 e. The third-order valence-electron chi connectivity index (χ3n) is 3.25. The van der Waals surface area contributed by atoms with Crippen molar-refractivity contribution in [3.63, 3.8) is 0 Å². The monoisotopic (exact) mass is 361 g/mol. The Morgan fingerprint density at radius 1 is 1.27 bits per heavy atom. The van der Waals surface area contributed by atoms with Gasteiger partial charge in [0, 0.05) is 18.7 Å². The number of ether oxygens (including phenoxy) is 3. The van der Waals surface area contributed by atoms with Gasteiger partial charge in [-0.05, 0) is 24.6 Å². The molecule has 9 heteroatoms. The Balaban J connectivity index is 1.60. The molecule has 0 unspecified atom stereocenters. The van der Waals surface area contributed by atoms with Crippen LogP contribution < -0.4 is 14.8 Å². The van der Waals surface area contributed by atoms with E-state index in [-0.39, 0.29) is 18.9 Å². The number of nitrogens with one attached hydrogen (secondary N) is 1. The van der Waals surface area contributed by atoms with Gasteiger partial charge < -0.3 is 19.5 Å². The molecule has 0 radical (unpaired) electrons. The molecule has 1 aromatic carbocycles. The molecule has 0 aliphatic heterocycles. The zero-order valence-electron chi connectivity index (χ0n) is 14.2. The van der Waals surface area contributed by atoms with E-state index in [1.165, 1.54) is 18.3 Å². The number of rotatable bonds is 10. The van der Waals surface area contributed by atoms with Crippen LogP contribution in [0.2, 0.25) is 0 Å². The molecule has 0 aliphatic rings. The summed E-state index contributed by atoms with van der Waals surface area (Å²) in [5.41, 5.74) is -0.0690. The molecule has 2 aromatic rings. The van der Waals surface area contributed by atoms with E-state index in [1.54, 1.807) is 31.4 Å². The normalized spacial score (nSPS) is 10.0. The maximum absolute atomic E-state index is 11.6. The quantitative estimate of drug-likeness (QED) is 0.297. The van der Waals surface area contributed by atoms with Crippen molar-refractivity contribution in [1.82, 2.24) is 4.98 Å².